The number of nitrogens with two attached hydrogens (primary N) is 1. The van der Waals surface area contributed by atoms with Gasteiger partial charge in [0.25, 0.3) is 0 Å². The zero-order valence-corrected chi connectivity index (χ0v) is 10.0. The minimum Gasteiger partial charge on any atom is -0.383 e. The number of hydrogen-bond donors (Lipinski definition) is 1. The summed E-state index contributed by atoms with van der Waals surface area (Å²) in [5, 5.41) is 4.30. The van der Waals surface area contributed by atoms with E-state index in [9.17, 15) is 4.39 Å². The van der Waals surface area contributed by atoms with Gasteiger partial charge in [-0.25, -0.2) is 9.07 Å². The van der Waals surface area contributed by atoms with Crippen molar-refractivity contribution in [1.29, 1.82) is 0 Å². The molecule has 0 saturated heterocycles. The predicted octanol–water partition coefficient (Wildman–Crippen LogP) is 2.97. The highest BCUT2D eigenvalue weighted by molar-refractivity contribution is 7.98. The fourth-order valence-corrected chi connectivity index (χ4v) is 2.06. The lowest BCUT2D eigenvalue weighted by molar-refractivity contribution is 0.612. The molecule has 0 radical (unpaired) electrons. The Bertz CT molecular complexity index is 507. The molecule has 0 aliphatic rings. The van der Waals surface area contributed by atoms with Crippen molar-refractivity contribution in [2.45, 2.75) is 4.90 Å². The van der Waals surface area contributed by atoms with E-state index >= 15 is 0 Å². The molecule has 3 nitrogen and oxygen atoms in total. The lowest BCUT2D eigenvalue weighted by Crippen LogP contribution is -2.05. The Hall–Kier alpha value is -1.20. The van der Waals surface area contributed by atoms with Gasteiger partial charge in [-0.2, -0.15) is 5.10 Å². The van der Waals surface area contributed by atoms with Gasteiger partial charge in [0.1, 0.15) is 17.3 Å². The normalized spacial score (nSPS) is 10.7. The third-order valence-corrected chi connectivity index (χ3v) is 3.20. The van der Waals surface area contributed by atoms with Crippen LogP contribution in [0.2, 0.25) is 5.02 Å². The molecule has 16 heavy (non-hydrogen) atoms. The molecule has 0 aliphatic carbocycles. The van der Waals surface area contributed by atoms with Gasteiger partial charge < -0.3 is 5.73 Å². The average Bonchev–Trinajstić information content (AvgIpc) is 2.60. The number of hydrogen-bond acceptors (Lipinski definition) is 3. The van der Waals surface area contributed by atoms with Crippen LogP contribution in [0.15, 0.2) is 29.3 Å². The van der Waals surface area contributed by atoms with Crippen molar-refractivity contribution in [3.05, 3.63) is 35.2 Å². The van der Waals surface area contributed by atoms with Crippen molar-refractivity contribution in [3.8, 4) is 5.69 Å². The average molecular weight is 258 g/mol. The second-order valence-corrected chi connectivity index (χ2v) is 4.34. The van der Waals surface area contributed by atoms with E-state index in [1.165, 1.54) is 28.6 Å². The molecule has 0 fully saturated rings. The minimum atomic E-state index is -0.449. The summed E-state index contributed by atoms with van der Waals surface area (Å²) in [4.78, 5) is 0.791. The first-order valence-electron chi connectivity index (χ1n) is 4.47. The van der Waals surface area contributed by atoms with Gasteiger partial charge in [-0.05, 0) is 18.4 Å². The Labute approximate surface area is 101 Å². The number of aromatic nitrogens is 2. The van der Waals surface area contributed by atoms with Gasteiger partial charge in [0, 0.05) is 0 Å². The summed E-state index contributed by atoms with van der Waals surface area (Å²) in [5.74, 6) is -0.0607. The molecule has 6 heteroatoms. The molecule has 1 aromatic carbocycles. The van der Waals surface area contributed by atoms with Crippen molar-refractivity contribution < 1.29 is 4.39 Å². The van der Waals surface area contributed by atoms with E-state index in [2.05, 4.69) is 5.10 Å². The molecule has 2 aromatic rings. The standard InChI is InChI=1S/C10H9ClFN3S/c1-16-8-5-14-15(10(8)13)9-6(11)3-2-4-7(9)12/h2-5H,13H2,1H3. The zero-order valence-electron chi connectivity index (χ0n) is 8.45. The Morgan fingerprint density at radius 3 is 2.81 bits per heavy atom. The second-order valence-electron chi connectivity index (χ2n) is 3.08. The molecule has 2 rings (SSSR count). The summed E-state index contributed by atoms with van der Waals surface area (Å²) in [6, 6.07) is 4.46. The quantitative estimate of drug-likeness (QED) is 0.842. The van der Waals surface area contributed by atoms with E-state index < -0.39 is 5.82 Å². The van der Waals surface area contributed by atoms with Gasteiger partial charge in [-0.1, -0.05) is 17.7 Å². The van der Waals surface area contributed by atoms with E-state index in [-0.39, 0.29) is 10.7 Å². The molecule has 84 valence electrons. The van der Waals surface area contributed by atoms with Crippen LogP contribution in [0.4, 0.5) is 10.2 Å². The molecule has 0 saturated carbocycles. The Kier molecular flexibility index (Phi) is 3.07. The number of nitrogens with zero attached hydrogens (tertiary/aromatic N) is 2. The Morgan fingerprint density at radius 1 is 1.50 bits per heavy atom. The number of thioether (sulfide) groups is 1. The van der Waals surface area contributed by atoms with Gasteiger partial charge in [0.15, 0.2) is 0 Å². The smallest absolute Gasteiger partial charge is 0.150 e. The lowest BCUT2D eigenvalue weighted by Gasteiger charge is -2.07. The van der Waals surface area contributed by atoms with Crippen molar-refractivity contribution in [2.24, 2.45) is 0 Å². The highest BCUT2D eigenvalue weighted by Gasteiger charge is 2.14. The fourth-order valence-electron chi connectivity index (χ4n) is 1.37. The number of anilines is 1. The molecular weight excluding hydrogens is 249 g/mol. The number of benzene rings is 1. The highest BCUT2D eigenvalue weighted by atomic mass is 35.5. The molecule has 0 spiro atoms. The third kappa shape index (κ3) is 1.76. The third-order valence-electron chi connectivity index (χ3n) is 2.14. The lowest BCUT2D eigenvalue weighted by atomic mass is 10.3. The van der Waals surface area contributed by atoms with Gasteiger partial charge in [0.05, 0.1) is 16.1 Å². The van der Waals surface area contributed by atoms with Crippen molar-refractivity contribution in [2.75, 3.05) is 12.0 Å². The molecule has 2 N–H and O–H groups in total. The SMILES string of the molecule is CSc1cnn(-c2c(F)cccc2Cl)c1N. The van der Waals surface area contributed by atoms with Crippen LogP contribution in [0.25, 0.3) is 5.69 Å². The molecule has 0 atom stereocenters. The zero-order chi connectivity index (χ0) is 11.7. The van der Waals surface area contributed by atoms with Gasteiger partial charge in [-0.3, -0.25) is 0 Å². The topological polar surface area (TPSA) is 43.8 Å². The van der Waals surface area contributed by atoms with Crippen molar-refractivity contribution in [1.82, 2.24) is 9.78 Å². The van der Waals surface area contributed by atoms with Crippen molar-refractivity contribution in [3.63, 3.8) is 0 Å². The van der Waals surface area contributed by atoms with Crippen LogP contribution in [-0.4, -0.2) is 16.0 Å². The van der Waals surface area contributed by atoms with E-state index in [4.69, 9.17) is 17.3 Å². The highest BCUT2D eigenvalue weighted by Crippen LogP contribution is 2.29. The van der Waals surface area contributed by atoms with Crippen LogP contribution in [-0.2, 0) is 0 Å². The number of rotatable bonds is 2. The Morgan fingerprint density at radius 2 is 2.25 bits per heavy atom. The summed E-state index contributed by atoms with van der Waals surface area (Å²) in [6.45, 7) is 0. The molecule has 1 aromatic heterocycles. The summed E-state index contributed by atoms with van der Waals surface area (Å²) >= 11 is 7.37. The molecule has 0 aliphatic heterocycles. The summed E-state index contributed by atoms with van der Waals surface area (Å²) in [6.07, 6.45) is 3.46. The van der Waals surface area contributed by atoms with Gasteiger partial charge in [-0.15, -0.1) is 11.8 Å². The van der Waals surface area contributed by atoms with E-state index in [0.717, 1.165) is 4.90 Å². The predicted molar refractivity (Wildman–Crippen MR) is 64.7 cm³/mol. The molecular formula is C10H9ClFN3S. The summed E-state index contributed by atoms with van der Waals surface area (Å²) in [5.41, 5.74) is 6.02. The van der Waals surface area contributed by atoms with Crippen LogP contribution >= 0.6 is 23.4 Å². The van der Waals surface area contributed by atoms with Crippen LogP contribution < -0.4 is 5.73 Å². The van der Waals surface area contributed by atoms with Crippen LogP contribution in [0.3, 0.4) is 0 Å². The second kappa shape index (κ2) is 4.35. The van der Waals surface area contributed by atoms with E-state index in [0.29, 0.717) is 5.82 Å². The summed E-state index contributed by atoms with van der Waals surface area (Å²) < 4.78 is 14.9. The Balaban J connectivity index is 2.63. The monoisotopic (exact) mass is 257 g/mol. The maximum Gasteiger partial charge on any atom is 0.150 e. The van der Waals surface area contributed by atoms with Gasteiger partial charge in [0.2, 0.25) is 0 Å². The molecule has 0 bridgehead atoms. The van der Waals surface area contributed by atoms with E-state index in [1.54, 1.807) is 12.3 Å². The minimum absolute atomic E-state index is 0.182. The van der Waals surface area contributed by atoms with Crippen LogP contribution in [0.1, 0.15) is 0 Å². The molecule has 0 unspecified atom stereocenters. The maximum atomic E-state index is 13.6. The maximum absolute atomic E-state index is 13.6. The van der Waals surface area contributed by atoms with E-state index in [1.807, 2.05) is 6.26 Å². The first-order chi connectivity index (χ1) is 7.65. The summed E-state index contributed by atoms with van der Waals surface area (Å²) in [7, 11) is 0. The van der Waals surface area contributed by atoms with Gasteiger partial charge >= 0.3 is 0 Å². The largest absolute Gasteiger partial charge is 0.383 e. The van der Waals surface area contributed by atoms with Crippen molar-refractivity contribution >= 4 is 29.2 Å². The number of para-hydroxylation sites is 1. The first-order valence-corrected chi connectivity index (χ1v) is 6.07. The molecule has 1 heterocycles. The first kappa shape index (κ1) is 11.3. The molecule has 0 amide bonds. The number of halogens is 2. The van der Waals surface area contributed by atoms with Crippen LogP contribution in [0.5, 0.6) is 0 Å². The fraction of sp³-hybridized carbons (Fsp3) is 0.100. The van der Waals surface area contributed by atoms with Crippen LogP contribution in [0, 0.1) is 5.82 Å². The number of nitrogen functional groups attached to an aromatic ring is 1.